The molecule has 1 aliphatic heterocycles. The van der Waals surface area contributed by atoms with Crippen LogP contribution in [0.15, 0.2) is 12.1 Å². The zero-order valence-corrected chi connectivity index (χ0v) is 11.1. The Morgan fingerprint density at radius 1 is 1.05 bits per heavy atom. The topological polar surface area (TPSA) is 21.7 Å². The first-order valence-electron chi connectivity index (χ1n) is 6.58. The van der Waals surface area contributed by atoms with Crippen molar-refractivity contribution in [2.24, 2.45) is 0 Å². The van der Waals surface area contributed by atoms with Crippen LogP contribution in [0, 0.1) is 11.6 Å². The summed E-state index contributed by atoms with van der Waals surface area (Å²) < 4.78 is 38.1. The molecule has 0 N–H and O–H groups in total. The minimum absolute atomic E-state index is 0.0683. The zero-order valence-electron chi connectivity index (χ0n) is 11.1. The maximum absolute atomic E-state index is 14.0. The van der Waals surface area contributed by atoms with Crippen LogP contribution in [0.25, 0.3) is 0 Å². The Bertz CT molecular complexity index is 397. The third-order valence-corrected chi connectivity index (χ3v) is 3.22. The monoisotopic (exact) mass is 271 g/mol. The highest BCUT2D eigenvalue weighted by Gasteiger charge is 2.20. The molecule has 0 bridgehead atoms. The standard InChI is InChI=1S/C14H19F2NO2/c1-18-7-8-19-11-9-12(15)14(13(16)10-11)17-5-3-2-4-6-17/h9-10H,2-8H2,1H3. The molecule has 0 aliphatic carbocycles. The van der Waals surface area contributed by atoms with Gasteiger partial charge in [-0.3, -0.25) is 0 Å². The third kappa shape index (κ3) is 3.56. The van der Waals surface area contributed by atoms with E-state index in [0.717, 1.165) is 19.3 Å². The van der Waals surface area contributed by atoms with Crippen LogP contribution in [0.5, 0.6) is 5.75 Å². The van der Waals surface area contributed by atoms with Crippen molar-refractivity contribution in [3.8, 4) is 5.75 Å². The number of anilines is 1. The number of nitrogens with zero attached hydrogens (tertiary/aromatic N) is 1. The average Bonchev–Trinajstić information content (AvgIpc) is 2.39. The molecule has 1 aliphatic rings. The van der Waals surface area contributed by atoms with Gasteiger partial charge in [-0.05, 0) is 19.3 Å². The average molecular weight is 271 g/mol. The normalized spacial score (nSPS) is 15.6. The molecule has 0 spiro atoms. The van der Waals surface area contributed by atoms with Gasteiger partial charge in [-0.25, -0.2) is 8.78 Å². The van der Waals surface area contributed by atoms with E-state index in [1.54, 1.807) is 12.0 Å². The molecule has 5 heteroatoms. The molecule has 0 atom stereocenters. The fourth-order valence-electron chi connectivity index (χ4n) is 2.29. The van der Waals surface area contributed by atoms with Crippen molar-refractivity contribution in [1.82, 2.24) is 0 Å². The van der Waals surface area contributed by atoms with Crippen molar-refractivity contribution in [3.63, 3.8) is 0 Å². The van der Waals surface area contributed by atoms with Crippen LogP contribution in [-0.2, 0) is 4.74 Å². The second-order valence-corrected chi connectivity index (χ2v) is 4.62. The van der Waals surface area contributed by atoms with Crippen molar-refractivity contribution in [2.75, 3.05) is 38.3 Å². The molecule has 19 heavy (non-hydrogen) atoms. The maximum Gasteiger partial charge on any atom is 0.153 e. The lowest BCUT2D eigenvalue weighted by Crippen LogP contribution is -2.31. The van der Waals surface area contributed by atoms with Gasteiger partial charge in [-0.15, -0.1) is 0 Å². The highest BCUT2D eigenvalue weighted by Crippen LogP contribution is 2.30. The van der Waals surface area contributed by atoms with E-state index in [1.807, 2.05) is 0 Å². The van der Waals surface area contributed by atoms with Crippen molar-refractivity contribution in [1.29, 1.82) is 0 Å². The lowest BCUT2D eigenvalue weighted by atomic mass is 10.1. The van der Waals surface area contributed by atoms with Gasteiger partial charge >= 0.3 is 0 Å². The minimum Gasteiger partial charge on any atom is -0.491 e. The first kappa shape index (κ1) is 14.1. The van der Waals surface area contributed by atoms with Crippen LogP contribution < -0.4 is 9.64 Å². The van der Waals surface area contributed by atoms with E-state index in [2.05, 4.69) is 0 Å². The van der Waals surface area contributed by atoms with E-state index in [1.165, 1.54) is 12.1 Å². The quantitative estimate of drug-likeness (QED) is 0.768. The predicted molar refractivity (Wildman–Crippen MR) is 69.8 cm³/mol. The molecule has 0 saturated carbocycles. The largest absolute Gasteiger partial charge is 0.491 e. The summed E-state index contributed by atoms with van der Waals surface area (Å²) in [6.07, 6.45) is 3.08. The summed E-state index contributed by atoms with van der Waals surface area (Å²) in [5, 5.41) is 0. The minimum atomic E-state index is -0.561. The van der Waals surface area contributed by atoms with Crippen LogP contribution >= 0.6 is 0 Å². The van der Waals surface area contributed by atoms with E-state index in [0.29, 0.717) is 19.7 Å². The van der Waals surface area contributed by atoms with Crippen LogP contribution in [0.4, 0.5) is 14.5 Å². The summed E-state index contributed by atoms with van der Waals surface area (Å²) in [6, 6.07) is 2.48. The highest BCUT2D eigenvalue weighted by molar-refractivity contribution is 5.52. The van der Waals surface area contributed by atoms with Crippen LogP contribution in [0.1, 0.15) is 19.3 Å². The Labute approximate surface area is 112 Å². The van der Waals surface area contributed by atoms with Crippen LogP contribution in [-0.4, -0.2) is 33.4 Å². The summed E-state index contributed by atoms with van der Waals surface area (Å²) in [5.74, 6) is -0.920. The maximum atomic E-state index is 14.0. The van der Waals surface area contributed by atoms with Gasteiger partial charge in [0.05, 0.1) is 6.61 Å². The fourth-order valence-corrected chi connectivity index (χ4v) is 2.29. The van der Waals surface area contributed by atoms with Gasteiger partial charge in [0.1, 0.15) is 18.0 Å². The molecule has 1 fully saturated rings. The van der Waals surface area contributed by atoms with E-state index in [9.17, 15) is 8.78 Å². The molecule has 0 aromatic heterocycles. The van der Waals surface area contributed by atoms with Gasteiger partial charge in [0.25, 0.3) is 0 Å². The van der Waals surface area contributed by atoms with Gasteiger partial charge in [-0.1, -0.05) is 0 Å². The number of hydrogen-bond acceptors (Lipinski definition) is 3. The Morgan fingerprint density at radius 2 is 1.68 bits per heavy atom. The molecule has 0 unspecified atom stereocenters. The number of hydrogen-bond donors (Lipinski definition) is 0. The van der Waals surface area contributed by atoms with Gasteiger partial charge in [0.15, 0.2) is 11.6 Å². The van der Waals surface area contributed by atoms with Gasteiger partial charge in [-0.2, -0.15) is 0 Å². The Kier molecular flexibility index (Phi) is 4.96. The molecular weight excluding hydrogens is 252 g/mol. The van der Waals surface area contributed by atoms with Crippen molar-refractivity contribution in [2.45, 2.75) is 19.3 Å². The van der Waals surface area contributed by atoms with Crippen molar-refractivity contribution in [3.05, 3.63) is 23.8 Å². The van der Waals surface area contributed by atoms with Crippen molar-refractivity contribution >= 4 is 5.69 Å². The second-order valence-electron chi connectivity index (χ2n) is 4.62. The zero-order chi connectivity index (χ0) is 13.7. The molecule has 0 radical (unpaired) electrons. The first-order valence-corrected chi connectivity index (χ1v) is 6.58. The van der Waals surface area contributed by atoms with E-state index >= 15 is 0 Å². The van der Waals surface area contributed by atoms with Crippen LogP contribution in [0.3, 0.4) is 0 Å². The molecule has 1 saturated heterocycles. The van der Waals surface area contributed by atoms with E-state index in [4.69, 9.17) is 9.47 Å². The second kappa shape index (κ2) is 6.70. The Hall–Kier alpha value is -1.36. The molecule has 0 amide bonds. The molecule has 1 heterocycles. The number of piperidine rings is 1. The fraction of sp³-hybridized carbons (Fsp3) is 0.571. The number of ether oxygens (including phenoxy) is 2. The number of halogens is 2. The van der Waals surface area contributed by atoms with E-state index < -0.39 is 11.6 Å². The first-order chi connectivity index (χ1) is 9.22. The lowest BCUT2D eigenvalue weighted by Gasteiger charge is -2.29. The highest BCUT2D eigenvalue weighted by atomic mass is 19.1. The summed E-state index contributed by atoms with van der Waals surface area (Å²) in [5.41, 5.74) is 0.0683. The molecule has 106 valence electrons. The number of methoxy groups -OCH3 is 1. The molecular formula is C14H19F2NO2. The van der Waals surface area contributed by atoms with Gasteiger partial charge in [0, 0.05) is 32.3 Å². The van der Waals surface area contributed by atoms with Crippen LogP contribution in [0.2, 0.25) is 0 Å². The molecule has 2 rings (SSSR count). The van der Waals surface area contributed by atoms with Gasteiger partial charge in [0.2, 0.25) is 0 Å². The molecule has 1 aromatic rings. The van der Waals surface area contributed by atoms with E-state index in [-0.39, 0.29) is 18.0 Å². The Balaban J connectivity index is 2.12. The van der Waals surface area contributed by atoms with Gasteiger partial charge < -0.3 is 14.4 Å². The summed E-state index contributed by atoms with van der Waals surface area (Å²) >= 11 is 0. The molecule has 1 aromatic carbocycles. The summed E-state index contributed by atoms with van der Waals surface area (Å²) in [6.45, 7) is 2.07. The SMILES string of the molecule is COCCOc1cc(F)c(N2CCCCC2)c(F)c1. The Morgan fingerprint density at radius 3 is 2.26 bits per heavy atom. The molecule has 3 nitrogen and oxygen atoms in total. The van der Waals surface area contributed by atoms with Crippen molar-refractivity contribution < 1.29 is 18.3 Å². The number of benzene rings is 1. The summed E-state index contributed by atoms with van der Waals surface area (Å²) in [4.78, 5) is 1.77. The lowest BCUT2D eigenvalue weighted by molar-refractivity contribution is 0.146. The summed E-state index contributed by atoms with van der Waals surface area (Å²) in [7, 11) is 1.55. The third-order valence-electron chi connectivity index (χ3n) is 3.22. The number of rotatable bonds is 5. The predicted octanol–water partition coefficient (Wildman–Crippen LogP) is 2.98. The smallest absolute Gasteiger partial charge is 0.153 e.